The summed E-state index contributed by atoms with van der Waals surface area (Å²) in [6.45, 7) is 0.893. The summed E-state index contributed by atoms with van der Waals surface area (Å²) >= 11 is 0. The molecule has 0 aliphatic heterocycles. The number of carbonyl (C=O) groups is 1. The number of aromatic nitrogens is 2. The van der Waals surface area contributed by atoms with Gasteiger partial charge in [0.15, 0.2) is 5.69 Å². The van der Waals surface area contributed by atoms with Gasteiger partial charge in [0.05, 0.1) is 0 Å². The molecule has 4 heteroatoms. The van der Waals surface area contributed by atoms with Crippen molar-refractivity contribution in [2.24, 2.45) is 11.7 Å². The van der Waals surface area contributed by atoms with Crippen LogP contribution >= 0.6 is 0 Å². The molecule has 0 aromatic carbocycles. The van der Waals surface area contributed by atoms with Gasteiger partial charge in [-0.15, -0.1) is 0 Å². The quantitative estimate of drug-likeness (QED) is 0.811. The molecule has 1 saturated carbocycles. The van der Waals surface area contributed by atoms with E-state index in [2.05, 4.69) is 11.2 Å². The number of hydrogen-bond donors (Lipinski definition) is 1. The lowest BCUT2D eigenvalue weighted by Crippen LogP contribution is -2.16. The summed E-state index contributed by atoms with van der Waals surface area (Å²) < 4.78 is 1.79. The Hall–Kier alpha value is -1.32. The molecule has 2 N–H and O–H groups in total. The zero-order chi connectivity index (χ0) is 10.7. The lowest BCUT2D eigenvalue weighted by atomic mass is 9.89. The van der Waals surface area contributed by atoms with E-state index >= 15 is 0 Å². The second-order valence-electron chi connectivity index (χ2n) is 4.21. The molecule has 1 amide bonds. The van der Waals surface area contributed by atoms with Crippen molar-refractivity contribution in [3.05, 3.63) is 18.0 Å². The molecular weight excluding hydrogens is 190 g/mol. The topological polar surface area (TPSA) is 60.9 Å². The third-order valence-corrected chi connectivity index (χ3v) is 2.98. The average molecular weight is 206 g/mol. The average Bonchev–Trinajstić information content (AvgIpc) is 2.68. The van der Waals surface area contributed by atoms with Crippen LogP contribution in [-0.4, -0.2) is 15.7 Å². The number of primary amides is 1. The van der Waals surface area contributed by atoms with Crippen LogP contribution in [0.5, 0.6) is 0 Å². The van der Waals surface area contributed by atoms with Gasteiger partial charge in [0, 0.05) is 18.8 Å². The zero-order valence-electron chi connectivity index (χ0n) is 8.78. The van der Waals surface area contributed by atoms with Gasteiger partial charge in [-0.05, 0) is 18.8 Å². The van der Waals surface area contributed by atoms with E-state index in [1.165, 1.54) is 32.1 Å². The van der Waals surface area contributed by atoms with E-state index in [0.717, 1.165) is 6.54 Å². The third-order valence-electron chi connectivity index (χ3n) is 2.98. The molecule has 1 radical (unpaired) electrons. The van der Waals surface area contributed by atoms with E-state index in [1.807, 2.05) is 0 Å². The van der Waals surface area contributed by atoms with Gasteiger partial charge in [-0.2, -0.15) is 5.10 Å². The standard InChI is InChI=1S/C11H16N3O/c12-11(15)10-6-7-14(13-10)8-9-4-2-1-3-5-9/h7,9H,1-5,8H2,(H2,12,15). The highest BCUT2D eigenvalue weighted by Crippen LogP contribution is 2.24. The highest BCUT2D eigenvalue weighted by Gasteiger charge is 2.15. The molecule has 1 heterocycles. The first-order valence-electron chi connectivity index (χ1n) is 5.50. The Morgan fingerprint density at radius 3 is 2.87 bits per heavy atom. The van der Waals surface area contributed by atoms with Crippen molar-refractivity contribution in [2.75, 3.05) is 0 Å². The Morgan fingerprint density at radius 1 is 1.53 bits per heavy atom. The largest absolute Gasteiger partial charge is 0.364 e. The highest BCUT2D eigenvalue weighted by atomic mass is 16.1. The Morgan fingerprint density at radius 2 is 2.27 bits per heavy atom. The summed E-state index contributed by atoms with van der Waals surface area (Å²) in [6.07, 6.45) is 8.25. The second kappa shape index (κ2) is 4.47. The van der Waals surface area contributed by atoms with E-state index in [0.29, 0.717) is 5.92 Å². The van der Waals surface area contributed by atoms with Crippen LogP contribution in [0, 0.1) is 12.0 Å². The molecule has 1 aromatic rings. The molecular formula is C11H16N3O. The molecule has 1 aromatic heterocycles. The minimum Gasteiger partial charge on any atom is -0.364 e. The lowest BCUT2D eigenvalue weighted by Gasteiger charge is -2.21. The van der Waals surface area contributed by atoms with Gasteiger partial charge in [-0.1, -0.05) is 19.3 Å². The first-order chi connectivity index (χ1) is 7.25. The molecule has 15 heavy (non-hydrogen) atoms. The van der Waals surface area contributed by atoms with Crippen LogP contribution in [0.2, 0.25) is 0 Å². The summed E-state index contributed by atoms with van der Waals surface area (Å²) in [7, 11) is 0. The molecule has 1 fully saturated rings. The van der Waals surface area contributed by atoms with Gasteiger partial charge in [0.25, 0.3) is 5.91 Å². The predicted octanol–water partition coefficient (Wildman–Crippen LogP) is 1.36. The van der Waals surface area contributed by atoms with E-state index < -0.39 is 5.91 Å². The van der Waals surface area contributed by atoms with E-state index in [-0.39, 0.29) is 5.69 Å². The first kappa shape index (κ1) is 10.2. The van der Waals surface area contributed by atoms with Crippen LogP contribution in [0.15, 0.2) is 6.20 Å². The normalized spacial score (nSPS) is 17.9. The molecule has 81 valence electrons. The highest BCUT2D eigenvalue weighted by molar-refractivity contribution is 5.90. The van der Waals surface area contributed by atoms with Crippen molar-refractivity contribution >= 4 is 5.91 Å². The SMILES string of the molecule is NC(=O)c1[c]cn(CC2CCCCC2)n1. The van der Waals surface area contributed by atoms with E-state index in [9.17, 15) is 4.79 Å². The molecule has 2 rings (SSSR count). The van der Waals surface area contributed by atoms with Crippen LogP contribution in [0.1, 0.15) is 42.6 Å². The number of nitrogens with two attached hydrogens (primary N) is 1. The lowest BCUT2D eigenvalue weighted by molar-refractivity contribution is 0.0994. The molecule has 0 bridgehead atoms. The predicted molar refractivity (Wildman–Crippen MR) is 56.2 cm³/mol. The minimum atomic E-state index is -0.502. The zero-order valence-corrected chi connectivity index (χ0v) is 8.78. The maximum Gasteiger partial charge on any atom is 0.269 e. The fraction of sp³-hybridized carbons (Fsp3) is 0.636. The van der Waals surface area contributed by atoms with Crippen LogP contribution in [-0.2, 0) is 6.54 Å². The third kappa shape index (κ3) is 2.58. The molecule has 4 nitrogen and oxygen atoms in total. The van der Waals surface area contributed by atoms with Crippen molar-refractivity contribution < 1.29 is 4.79 Å². The number of amides is 1. The van der Waals surface area contributed by atoms with Gasteiger partial charge in [-0.3, -0.25) is 9.48 Å². The van der Waals surface area contributed by atoms with Gasteiger partial charge in [0.1, 0.15) is 0 Å². The molecule has 1 aliphatic rings. The number of hydrogen-bond acceptors (Lipinski definition) is 2. The molecule has 0 saturated heterocycles. The Bertz CT molecular complexity index is 339. The maximum atomic E-state index is 10.8. The summed E-state index contributed by atoms with van der Waals surface area (Å²) in [6, 6.07) is 2.77. The first-order valence-corrected chi connectivity index (χ1v) is 5.50. The van der Waals surface area contributed by atoms with Crippen molar-refractivity contribution in [1.82, 2.24) is 9.78 Å². The van der Waals surface area contributed by atoms with Crippen LogP contribution in [0.4, 0.5) is 0 Å². The summed E-state index contributed by atoms with van der Waals surface area (Å²) in [5.41, 5.74) is 5.36. The van der Waals surface area contributed by atoms with Gasteiger partial charge in [-0.25, -0.2) is 0 Å². The minimum absolute atomic E-state index is 0.241. The van der Waals surface area contributed by atoms with Crippen LogP contribution in [0.3, 0.4) is 0 Å². The molecule has 0 atom stereocenters. The van der Waals surface area contributed by atoms with Crippen LogP contribution < -0.4 is 5.73 Å². The Labute approximate surface area is 89.5 Å². The van der Waals surface area contributed by atoms with Gasteiger partial charge >= 0.3 is 0 Å². The molecule has 0 unspecified atom stereocenters. The second-order valence-corrected chi connectivity index (χ2v) is 4.21. The molecule has 1 aliphatic carbocycles. The van der Waals surface area contributed by atoms with E-state index in [1.54, 1.807) is 10.9 Å². The smallest absolute Gasteiger partial charge is 0.269 e. The van der Waals surface area contributed by atoms with Crippen molar-refractivity contribution in [2.45, 2.75) is 38.6 Å². The van der Waals surface area contributed by atoms with Gasteiger partial charge < -0.3 is 5.73 Å². The molecule has 0 spiro atoms. The number of nitrogens with zero attached hydrogens (tertiary/aromatic N) is 2. The van der Waals surface area contributed by atoms with Crippen molar-refractivity contribution in [3.8, 4) is 0 Å². The van der Waals surface area contributed by atoms with Crippen molar-refractivity contribution in [1.29, 1.82) is 0 Å². The Balaban J connectivity index is 1.94. The Kier molecular flexibility index (Phi) is 3.04. The van der Waals surface area contributed by atoms with E-state index in [4.69, 9.17) is 5.73 Å². The van der Waals surface area contributed by atoms with Gasteiger partial charge in [0.2, 0.25) is 0 Å². The number of rotatable bonds is 3. The fourth-order valence-electron chi connectivity index (χ4n) is 2.17. The summed E-state index contributed by atoms with van der Waals surface area (Å²) in [5, 5.41) is 4.09. The summed E-state index contributed by atoms with van der Waals surface area (Å²) in [5.74, 6) is 0.199. The maximum absolute atomic E-state index is 10.8. The fourth-order valence-corrected chi connectivity index (χ4v) is 2.17. The monoisotopic (exact) mass is 206 g/mol. The summed E-state index contributed by atoms with van der Waals surface area (Å²) in [4.78, 5) is 10.8. The van der Waals surface area contributed by atoms with Crippen molar-refractivity contribution in [3.63, 3.8) is 0 Å². The van der Waals surface area contributed by atoms with Crippen LogP contribution in [0.25, 0.3) is 0 Å². The number of carbonyl (C=O) groups excluding carboxylic acids is 1.